The fraction of sp³-hybridized carbons (Fsp3) is 0.533. The van der Waals surface area contributed by atoms with E-state index in [2.05, 4.69) is 30.1 Å². The molecule has 0 aliphatic rings. The summed E-state index contributed by atoms with van der Waals surface area (Å²) >= 11 is 0. The number of para-hydroxylation sites is 1. The maximum Gasteiger partial charge on any atom is 0.275 e. The maximum atomic E-state index is 11.0. The zero-order valence-corrected chi connectivity index (χ0v) is 12.6. The molecule has 1 N–H and O–H groups in total. The van der Waals surface area contributed by atoms with Crippen molar-refractivity contribution in [3.05, 3.63) is 39.9 Å². The Labute approximate surface area is 125 Å². The van der Waals surface area contributed by atoms with Crippen LogP contribution in [0.5, 0.6) is 0 Å². The van der Waals surface area contributed by atoms with Gasteiger partial charge in [0.2, 0.25) is 0 Å². The lowest BCUT2D eigenvalue weighted by Gasteiger charge is -2.18. The van der Waals surface area contributed by atoms with Crippen molar-refractivity contribution in [2.24, 2.45) is 0 Å². The fourth-order valence-corrected chi connectivity index (χ4v) is 2.21. The number of nitrogens with one attached hydrogen (secondary N) is 1. The highest BCUT2D eigenvalue weighted by atomic mass is 16.6. The normalized spacial score (nSPS) is 12.1. The first kappa shape index (κ1) is 17.1. The van der Waals surface area contributed by atoms with Crippen LogP contribution in [0, 0.1) is 21.4 Å². The molecule has 1 atom stereocenters. The Morgan fingerprint density at radius 2 is 2.05 bits per heavy atom. The molecule has 0 fully saturated rings. The monoisotopic (exact) mass is 290 g/mol. The molecule has 21 heavy (non-hydrogen) atoms. The number of hydrogen-bond acceptors (Lipinski definition) is 5. The standard InChI is InChI=1S/C15H22N4O2/c1-3-18(4-2)11-7-10-17-14(12-16)13-8-5-6-9-15(13)19(20)21/h5-6,8-9,14,17H,3-4,7,10-11H2,1-2H3. The molecule has 0 aromatic heterocycles. The lowest BCUT2D eigenvalue weighted by atomic mass is 10.1. The van der Waals surface area contributed by atoms with E-state index < -0.39 is 11.0 Å². The summed E-state index contributed by atoms with van der Waals surface area (Å²) < 4.78 is 0. The summed E-state index contributed by atoms with van der Waals surface area (Å²) in [7, 11) is 0. The van der Waals surface area contributed by atoms with E-state index in [4.69, 9.17) is 0 Å². The summed E-state index contributed by atoms with van der Waals surface area (Å²) in [6.07, 6.45) is 0.903. The number of rotatable bonds is 9. The summed E-state index contributed by atoms with van der Waals surface area (Å²) in [6.45, 7) is 7.84. The molecule has 114 valence electrons. The molecule has 1 rings (SSSR count). The Balaban J connectivity index is 2.61. The summed E-state index contributed by atoms with van der Waals surface area (Å²) in [6, 6.07) is 7.83. The van der Waals surface area contributed by atoms with Gasteiger partial charge in [-0.25, -0.2) is 0 Å². The minimum atomic E-state index is -0.650. The van der Waals surface area contributed by atoms with E-state index in [-0.39, 0.29) is 5.69 Å². The molecule has 1 aromatic carbocycles. The summed E-state index contributed by atoms with van der Waals surface area (Å²) in [5.41, 5.74) is 0.410. The predicted molar refractivity (Wildman–Crippen MR) is 81.9 cm³/mol. The molecule has 0 radical (unpaired) electrons. The van der Waals surface area contributed by atoms with Crippen molar-refractivity contribution in [3.8, 4) is 6.07 Å². The second kappa shape index (κ2) is 9.06. The quantitative estimate of drug-likeness (QED) is 0.429. The summed E-state index contributed by atoms with van der Waals surface area (Å²) in [5.74, 6) is 0. The van der Waals surface area contributed by atoms with Gasteiger partial charge in [-0.3, -0.25) is 15.4 Å². The maximum absolute atomic E-state index is 11.0. The van der Waals surface area contributed by atoms with Crippen molar-refractivity contribution < 1.29 is 4.92 Å². The zero-order chi connectivity index (χ0) is 15.7. The van der Waals surface area contributed by atoms with Crippen LogP contribution in [0.3, 0.4) is 0 Å². The van der Waals surface area contributed by atoms with Gasteiger partial charge in [-0.15, -0.1) is 0 Å². The zero-order valence-electron chi connectivity index (χ0n) is 12.6. The second-order valence-electron chi connectivity index (χ2n) is 4.71. The molecule has 0 aliphatic carbocycles. The van der Waals surface area contributed by atoms with Crippen LogP contribution >= 0.6 is 0 Å². The number of nitrogens with zero attached hydrogens (tertiary/aromatic N) is 3. The minimum Gasteiger partial charge on any atom is -0.304 e. The third kappa shape index (κ3) is 5.14. The van der Waals surface area contributed by atoms with Crippen LogP contribution in [0.25, 0.3) is 0 Å². The average molecular weight is 290 g/mol. The molecule has 0 spiro atoms. The van der Waals surface area contributed by atoms with Crippen LogP contribution in [0.1, 0.15) is 31.9 Å². The van der Waals surface area contributed by atoms with Crippen molar-refractivity contribution in [2.75, 3.05) is 26.2 Å². The van der Waals surface area contributed by atoms with Gasteiger partial charge < -0.3 is 4.90 Å². The van der Waals surface area contributed by atoms with Gasteiger partial charge in [0, 0.05) is 6.07 Å². The van der Waals surface area contributed by atoms with Gasteiger partial charge in [0.05, 0.1) is 16.6 Å². The molecular formula is C15H22N4O2. The Morgan fingerprint density at radius 1 is 1.38 bits per heavy atom. The molecule has 6 nitrogen and oxygen atoms in total. The van der Waals surface area contributed by atoms with E-state index in [1.165, 1.54) is 6.07 Å². The van der Waals surface area contributed by atoms with Crippen molar-refractivity contribution in [2.45, 2.75) is 26.3 Å². The second-order valence-corrected chi connectivity index (χ2v) is 4.71. The Morgan fingerprint density at radius 3 is 2.62 bits per heavy atom. The van der Waals surface area contributed by atoms with Gasteiger partial charge in [0.15, 0.2) is 0 Å². The van der Waals surface area contributed by atoms with Gasteiger partial charge in [-0.1, -0.05) is 26.0 Å². The van der Waals surface area contributed by atoms with Gasteiger partial charge in [0.25, 0.3) is 5.69 Å². The summed E-state index contributed by atoms with van der Waals surface area (Å²) in [5, 5.41) is 23.3. The van der Waals surface area contributed by atoms with Crippen molar-refractivity contribution in [3.63, 3.8) is 0 Å². The number of benzene rings is 1. The molecule has 1 aromatic rings. The van der Waals surface area contributed by atoms with Crippen LogP contribution in [0.15, 0.2) is 24.3 Å². The van der Waals surface area contributed by atoms with Gasteiger partial charge >= 0.3 is 0 Å². The van der Waals surface area contributed by atoms with Crippen molar-refractivity contribution in [1.82, 2.24) is 10.2 Å². The van der Waals surface area contributed by atoms with Gasteiger partial charge in [0.1, 0.15) is 6.04 Å². The van der Waals surface area contributed by atoms with Crippen LogP contribution < -0.4 is 5.32 Å². The predicted octanol–water partition coefficient (Wildman–Crippen LogP) is 2.48. The summed E-state index contributed by atoms with van der Waals surface area (Å²) in [4.78, 5) is 12.9. The third-order valence-corrected chi connectivity index (χ3v) is 3.47. The number of nitro groups is 1. The molecule has 6 heteroatoms. The molecule has 0 amide bonds. The van der Waals surface area contributed by atoms with Crippen molar-refractivity contribution in [1.29, 1.82) is 5.26 Å². The molecule has 0 aliphatic heterocycles. The third-order valence-electron chi connectivity index (χ3n) is 3.47. The molecule has 0 heterocycles. The largest absolute Gasteiger partial charge is 0.304 e. The first-order valence-corrected chi connectivity index (χ1v) is 7.22. The first-order chi connectivity index (χ1) is 10.1. The minimum absolute atomic E-state index is 0.0136. The van der Waals surface area contributed by atoms with Crippen LogP contribution in [0.4, 0.5) is 5.69 Å². The van der Waals surface area contributed by atoms with E-state index in [9.17, 15) is 15.4 Å². The van der Waals surface area contributed by atoms with Gasteiger partial charge in [-0.2, -0.15) is 5.26 Å². The Hall–Kier alpha value is -1.97. The first-order valence-electron chi connectivity index (χ1n) is 7.22. The fourth-order valence-electron chi connectivity index (χ4n) is 2.21. The number of nitriles is 1. The highest BCUT2D eigenvalue weighted by Crippen LogP contribution is 2.24. The Bertz CT molecular complexity index is 495. The van der Waals surface area contributed by atoms with E-state index in [1.54, 1.807) is 18.2 Å². The Kier molecular flexibility index (Phi) is 7.37. The number of hydrogen-bond donors (Lipinski definition) is 1. The van der Waals surface area contributed by atoms with E-state index in [1.807, 2.05) is 0 Å². The van der Waals surface area contributed by atoms with E-state index in [0.717, 1.165) is 26.1 Å². The van der Waals surface area contributed by atoms with Crippen LogP contribution in [-0.4, -0.2) is 36.0 Å². The topological polar surface area (TPSA) is 82.2 Å². The van der Waals surface area contributed by atoms with Gasteiger partial charge in [-0.05, 0) is 38.7 Å². The smallest absolute Gasteiger partial charge is 0.275 e. The van der Waals surface area contributed by atoms with Crippen molar-refractivity contribution >= 4 is 5.69 Å². The van der Waals surface area contributed by atoms with E-state index >= 15 is 0 Å². The van der Waals surface area contributed by atoms with Crippen LogP contribution in [-0.2, 0) is 0 Å². The lowest BCUT2D eigenvalue weighted by Crippen LogP contribution is -2.28. The molecular weight excluding hydrogens is 268 g/mol. The number of nitro benzene ring substituents is 1. The van der Waals surface area contributed by atoms with Crippen LogP contribution in [0.2, 0.25) is 0 Å². The molecule has 0 bridgehead atoms. The molecule has 1 unspecified atom stereocenters. The molecule has 0 saturated carbocycles. The van der Waals surface area contributed by atoms with E-state index in [0.29, 0.717) is 12.1 Å². The molecule has 0 saturated heterocycles. The highest BCUT2D eigenvalue weighted by molar-refractivity contribution is 5.44. The highest BCUT2D eigenvalue weighted by Gasteiger charge is 2.20. The lowest BCUT2D eigenvalue weighted by molar-refractivity contribution is -0.385. The average Bonchev–Trinajstić information content (AvgIpc) is 2.51. The SMILES string of the molecule is CCN(CC)CCCNC(C#N)c1ccccc1[N+](=O)[O-].